The number of nitrogens with zero attached hydrogens (tertiary/aromatic N) is 2. The fourth-order valence-corrected chi connectivity index (χ4v) is 5.61. The van der Waals surface area contributed by atoms with Crippen LogP contribution in [-0.4, -0.2) is 9.55 Å². The maximum atomic E-state index is 13.9. The van der Waals surface area contributed by atoms with E-state index in [-0.39, 0.29) is 30.7 Å². The fraction of sp³-hybridized carbons (Fsp3) is 0.129. The van der Waals surface area contributed by atoms with E-state index >= 15 is 0 Å². The third-order valence-corrected chi connectivity index (χ3v) is 8.04. The monoisotopic (exact) mass is 668 g/mol. The molecular weight excluding hydrogens is 648 g/mol. The quantitative estimate of drug-likeness (QED) is 0.146. The summed E-state index contributed by atoms with van der Waals surface area (Å²) in [6.45, 7) is 0.190. The molecule has 0 radical (unpaired) electrons. The van der Waals surface area contributed by atoms with Crippen LogP contribution in [0.1, 0.15) is 45.6 Å². The Morgan fingerprint density at radius 2 is 1.27 bits per heavy atom. The summed E-state index contributed by atoms with van der Waals surface area (Å²) < 4.78 is 22.1. The summed E-state index contributed by atoms with van der Waals surface area (Å²) in [7, 11) is 0. The number of hydrogen-bond acceptors (Lipinski definition) is 2. The van der Waals surface area contributed by atoms with Crippen LogP contribution in [0.5, 0.6) is 0 Å². The zero-order valence-corrected chi connectivity index (χ0v) is 25.8. The largest absolute Gasteiger partial charge is 0.365 e. The van der Waals surface area contributed by atoms with E-state index in [1.165, 1.54) is 12.1 Å². The van der Waals surface area contributed by atoms with E-state index in [0.717, 1.165) is 22.3 Å². The number of imidazole rings is 1. The third-order valence-electron chi connectivity index (χ3n) is 6.51. The molecule has 0 aliphatic heterocycles. The van der Waals surface area contributed by atoms with Crippen LogP contribution < -0.4 is 0 Å². The molecule has 10 heteroatoms. The molecule has 3 unspecified atom stereocenters. The highest BCUT2D eigenvalue weighted by Crippen LogP contribution is 2.40. The van der Waals surface area contributed by atoms with E-state index < -0.39 is 11.6 Å². The summed E-state index contributed by atoms with van der Waals surface area (Å²) in [4.78, 5) is 4.71. The molecule has 0 amide bonds. The van der Waals surface area contributed by atoms with Crippen molar-refractivity contribution < 1.29 is 9.13 Å². The van der Waals surface area contributed by atoms with Crippen LogP contribution in [0.3, 0.4) is 0 Å². The lowest BCUT2D eigenvalue weighted by atomic mass is 9.90. The Balaban J connectivity index is 0.00000387. The number of halogens is 7. The van der Waals surface area contributed by atoms with Gasteiger partial charge in [0.2, 0.25) is 0 Å². The van der Waals surface area contributed by atoms with Gasteiger partial charge < -0.3 is 9.30 Å². The lowest BCUT2D eigenvalue weighted by Crippen LogP contribution is -2.20. The molecule has 4 aromatic carbocycles. The normalized spacial score (nSPS) is 13.3. The molecule has 5 rings (SSSR count). The molecule has 212 valence electrons. The highest BCUT2D eigenvalue weighted by atomic mass is 35.5. The molecule has 0 N–H and O–H groups in total. The van der Waals surface area contributed by atoms with Crippen LogP contribution in [0.15, 0.2) is 103 Å². The summed E-state index contributed by atoms with van der Waals surface area (Å²) in [6, 6.07) is 26.4. The van der Waals surface area contributed by atoms with Crippen LogP contribution in [0.2, 0.25) is 20.1 Å². The second-order valence-electron chi connectivity index (χ2n) is 9.12. The van der Waals surface area contributed by atoms with Gasteiger partial charge in [-0.15, -0.1) is 12.4 Å². The Bertz CT molecular complexity index is 1530. The van der Waals surface area contributed by atoms with Gasteiger partial charge in [-0.25, -0.2) is 9.37 Å². The number of alkyl halides is 1. The topological polar surface area (TPSA) is 27.1 Å². The van der Waals surface area contributed by atoms with Gasteiger partial charge in [0.05, 0.1) is 12.5 Å². The van der Waals surface area contributed by atoms with Crippen molar-refractivity contribution in [3.05, 3.63) is 157 Å². The molecule has 0 saturated carbocycles. The fourth-order valence-electron chi connectivity index (χ4n) is 4.51. The maximum Gasteiger partial charge on any atom is 0.139 e. The lowest BCUT2D eigenvalue weighted by molar-refractivity contribution is 0.0230. The Kier molecular flexibility index (Phi) is 11.0. The molecule has 0 bridgehead atoms. The molecule has 0 spiro atoms. The van der Waals surface area contributed by atoms with E-state index in [4.69, 9.17) is 67.7 Å². The van der Waals surface area contributed by atoms with Crippen molar-refractivity contribution in [1.29, 1.82) is 0 Å². The SMILES string of the molecule is Cl.Fc1ccc(C(c2ccc(Cl)cc2)c2nccn2C(Cl)C(OCc2ccc(Cl)cc2Cl)c2ccc(Cl)cc2)cc1. The molecular formula is C31H23Cl6FN2O. The first kappa shape index (κ1) is 31.7. The van der Waals surface area contributed by atoms with Gasteiger partial charge >= 0.3 is 0 Å². The van der Waals surface area contributed by atoms with Gasteiger partial charge in [0, 0.05) is 32.5 Å². The Hall–Kier alpha value is -2.28. The second-order valence-corrected chi connectivity index (χ2v) is 11.3. The molecule has 0 fully saturated rings. The van der Waals surface area contributed by atoms with Gasteiger partial charge in [0.15, 0.2) is 0 Å². The van der Waals surface area contributed by atoms with Crippen molar-refractivity contribution in [2.24, 2.45) is 0 Å². The van der Waals surface area contributed by atoms with Crippen LogP contribution >= 0.6 is 70.4 Å². The summed E-state index contributed by atoms with van der Waals surface area (Å²) in [5.74, 6) is -0.0269. The average Bonchev–Trinajstić information content (AvgIpc) is 3.42. The van der Waals surface area contributed by atoms with E-state index in [2.05, 4.69) is 0 Å². The Morgan fingerprint density at radius 1 is 0.732 bits per heavy atom. The first-order chi connectivity index (χ1) is 19.3. The molecule has 0 aliphatic carbocycles. The first-order valence-corrected chi connectivity index (χ1v) is 14.2. The van der Waals surface area contributed by atoms with E-state index in [1.807, 2.05) is 47.0 Å². The number of aromatic nitrogens is 2. The zero-order valence-electron chi connectivity index (χ0n) is 21.2. The molecule has 3 nitrogen and oxygen atoms in total. The molecule has 1 aromatic heterocycles. The van der Waals surface area contributed by atoms with Gasteiger partial charge in [-0.3, -0.25) is 0 Å². The van der Waals surface area contributed by atoms with Crippen molar-refractivity contribution in [3.63, 3.8) is 0 Å². The van der Waals surface area contributed by atoms with Crippen molar-refractivity contribution in [1.82, 2.24) is 9.55 Å². The standard InChI is InChI=1S/C31H22Cl5FN2O.ClH/c32-23-8-1-19(2-9-23)28(20-6-13-26(37)14-7-20)31-38-15-16-39(31)30(36)29(21-3-10-24(33)11-4-21)40-18-22-5-12-25(34)17-27(22)35;/h1-17,28-30H,18H2;1H. The predicted molar refractivity (Wildman–Crippen MR) is 169 cm³/mol. The van der Waals surface area contributed by atoms with Gasteiger partial charge in [-0.05, 0) is 70.8 Å². The summed E-state index contributed by atoms with van der Waals surface area (Å²) in [5, 5.41) is 2.24. The Morgan fingerprint density at radius 3 is 1.85 bits per heavy atom. The number of hydrogen-bond donors (Lipinski definition) is 0. The zero-order chi connectivity index (χ0) is 28.2. The minimum Gasteiger partial charge on any atom is -0.365 e. The minimum atomic E-state index is -0.722. The van der Waals surface area contributed by atoms with Gasteiger partial charge in [0.1, 0.15) is 23.2 Å². The minimum absolute atomic E-state index is 0. The predicted octanol–water partition coefficient (Wildman–Crippen LogP) is 10.9. The first-order valence-electron chi connectivity index (χ1n) is 12.3. The molecule has 41 heavy (non-hydrogen) atoms. The van der Waals surface area contributed by atoms with Crippen molar-refractivity contribution in [2.75, 3.05) is 0 Å². The Labute approximate surface area is 269 Å². The maximum absolute atomic E-state index is 13.9. The number of rotatable bonds is 9. The van der Waals surface area contributed by atoms with Crippen molar-refractivity contribution >= 4 is 70.4 Å². The van der Waals surface area contributed by atoms with Crippen LogP contribution in [-0.2, 0) is 11.3 Å². The molecule has 0 aliphatic rings. The molecule has 1 heterocycles. The smallest absolute Gasteiger partial charge is 0.139 e. The van der Waals surface area contributed by atoms with Crippen LogP contribution in [0.25, 0.3) is 0 Å². The lowest BCUT2D eigenvalue weighted by Gasteiger charge is -2.28. The van der Waals surface area contributed by atoms with Gasteiger partial charge in [0.25, 0.3) is 0 Å². The van der Waals surface area contributed by atoms with Crippen molar-refractivity contribution in [2.45, 2.75) is 24.1 Å². The molecule has 5 aromatic rings. The van der Waals surface area contributed by atoms with E-state index in [1.54, 1.807) is 48.8 Å². The summed E-state index contributed by atoms with van der Waals surface area (Å²) in [5.41, 5.74) is 2.63. The second kappa shape index (κ2) is 14.3. The highest BCUT2D eigenvalue weighted by molar-refractivity contribution is 6.35. The van der Waals surface area contributed by atoms with E-state index in [0.29, 0.717) is 25.9 Å². The van der Waals surface area contributed by atoms with Crippen molar-refractivity contribution in [3.8, 4) is 0 Å². The molecule has 0 saturated heterocycles. The van der Waals surface area contributed by atoms with E-state index in [9.17, 15) is 4.39 Å². The van der Waals surface area contributed by atoms with Crippen LogP contribution in [0, 0.1) is 5.82 Å². The van der Waals surface area contributed by atoms with Gasteiger partial charge in [-0.2, -0.15) is 0 Å². The number of benzene rings is 4. The average molecular weight is 671 g/mol. The number of ether oxygens (including phenoxy) is 1. The van der Waals surface area contributed by atoms with Crippen LogP contribution in [0.4, 0.5) is 4.39 Å². The summed E-state index contributed by atoms with van der Waals surface area (Å²) in [6.07, 6.45) is 2.88. The highest BCUT2D eigenvalue weighted by Gasteiger charge is 2.30. The summed E-state index contributed by atoms with van der Waals surface area (Å²) >= 11 is 32.1. The van der Waals surface area contributed by atoms with Gasteiger partial charge in [-0.1, -0.05) is 100 Å². The molecule has 3 atom stereocenters. The third kappa shape index (κ3) is 7.57.